The average molecular weight is 414 g/mol. The van der Waals surface area contributed by atoms with Crippen molar-refractivity contribution in [1.82, 2.24) is 16.0 Å². The number of hydrogen-bond donors (Lipinski definition) is 3. The molecule has 1 aromatic carbocycles. The third-order valence-electron chi connectivity index (χ3n) is 4.20. The van der Waals surface area contributed by atoms with Crippen LogP contribution in [0.4, 0.5) is 4.79 Å². The number of aryl methyl sites for hydroxylation is 1. The molecule has 0 bridgehead atoms. The Kier molecular flexibility index (Phi) is 11.9. The molecule has 2 rings (SSSR count). The van der Waals surface area contributed by atoms with Crippen LogP contribution in [0.3, 0.4) is 0 Å². The molecule has 1 aliphatic carbocycles. The maximum absolute atomic E-state index is 12.1. The van der Waals surface area contributed by atoms with Gasteiger partial charge in [0.1, 0.15) is 0 Å². The quantitative estimate of drug-likeness (QED) is 0.599. The number of hydrogen-bond acceptors (Lipinski definition) is 3. The minimum Gasteiger partial charge on any atom is -0.383 e. The molecule has 0 heterocycles. The van der Waals surface area contributed by atoms with Crippen LogP contribution in [0.1, 0.15) is 44.7 Å². The van der Waals surface area contributed by atoms with Gasteiger partial charge in [-0.1, -0.05) is 61.9 Å². The summed E-state index contributed by atoms with van der Waals surface area (Å²) in [5.74, 6) is -0.0545. The highest BCUT2D eigenvalue weighted by molar-refractivity contribution is 5.80. The fourth-order valence-corrected chi connectivity index (χ4v) is 2.76. The summed E-state index contributed by atoms with van der Waals surface area (Å²) >= 11 is 0. The van der Waals surface area contributed by atoms with Crippen molar-refractivity contribution in [2.75, 3.05) is 13.7 Å². The molecule has 0 aromatic heterocycles. The molecule has 1 aliphatic rings. The second-order valence-electron chi connectivity index (χ2n) is 6.93. The van der Waals surface area contributed by atoms with Gasteiger partial charge in [0.15, 0.2) is 0 Å². The van der Waals surface area contributed by atoms with Crippen molar-refractivity contribution in [3.8, 4) is 0 Å². The van der Waals surface area contributed by atoms with E-state index in [9.17, 15) is 9.59 Å². The Balaban J connectivity index is 0.00000218. The smallest absolute Gasteiger partial charge is 0.319 e. The van der Waals surface area contributed by atoms with Crippen LogP contribution in [0.5, 0.6) is 0 Å². The maximum Gasteiger partial charge on any atom is 0.319 e. The Morgan fingerprint density at radius 3 is 2.50 bits per heavy atom. The van der Waals surface area contributed by atoms with E-state index in [-0.39, 0.29) is 24.4 Å². The summed E-state index contributed by atoms with van der Waals surface area (Å²) in [6.45, 7) is 8.87. The van der Waals surface area contributed by atoms with Crippen LogP contribution in [-0.2, 0) is 16.1 Å². The van der Waals surface area contributed by atoms with E-state index < -0.39 is 0 Å². The van der Waals surface area contributed by atoms with Gasteiger partial charge in [-0.15, -0.1) is 0 Å². The van der Waals surface area contributed by atoms with Gasteiger partial charge in [0.05, 0.1) is 13.0 Å². The molecule has 0 saturated heterocycles. The number of nitrogens with one attached hydrogen (secondary N) is 3. The molecule has 6 heteroatoms. The van der Waals surface area contributed by atoms with E-state index in [4.69, 9.17) is 4.74 Å². The lowest BCUT2D eigenvalue weighted by Gasteiger charge is -2.12. The summed E-state index contributed by atoms with van der Waals surface area (Å²) < 4.78 is 5.02. The largest absolute Gasteiger partial charge is 0.383 e. The summed E-state index contributed by atoms with van der Waals surface area (Å²) in [6, 6.07) is 7.76. The number of amides is 3. The van der Waals surface area contributed by atoms with Crippen molar-refractivity contribution in [3.05, 3.63) is 71.0 Å². The molecular weight excluding hydrogens is 378 g/mol. The Hall–Kier alpha value is -2.86. The van der Waals surface area contributed by atoms with Crippen molar-refractivity contribution in [1.29, 1.82) is 0 Å². The normalized spacial score (nSPS) is 13.6. The molecule has 0 radical (unpaired) electrons. The number of allylic oxidation sites excluding steroid dienone is 4. The van der Waals surface area contributed by atoms with Gasteiger partial charge in [-0.05, 0) is 31.1 Å². The number of urea groups is 1. The number of methoxy groups -OCH3 is 1. The minimum atomic E-state index is -0.247. The van der Waals surface area contributed by atoms with Crippen molar-refractivity contribution in [3.63, 3.8) is 0 Å². The van der Waals surface area contributed by atoms with Gasteiger partial charge >= 0.3 is 6.03 Å². The fraction of sp³-hybridized carbons (Fsp3) is 0.417. The van der Waals surface area contributed by atoms with Crippen LogP contribution in [0.25, 0.3) is 0 Å². The Morgan fingerprint density at radius 2 is 1.83 bits per heavy atom. The molecule has 6 nitrogen and oxygen atoms in total. The molecule has 0 aliphatic heterocycles. The van der Waals surface area contributed by atoms with E-state index in [0.29, 0.717) is 19.6 Å². The highest BCUT2D eigenvalue weighted by atomic mass is 16.5. The molecule has 3 amide bonds. The van der Waals surface area contributed by atoms with Gasteiger partial charge in [-0.3, -0.25) is 4.79 Å². The zero-order valence-electron chi connectivity index (χ0n) is 18.7. The minimum absolute atomic E-state index is 0.0298. The van der Waals surface area contributed by atoms with Gasteiger partial charge in [-0.2, -0.15) is 0 Å². The summed E-state index contributed by atoms with van der Waals surface area (Å²) in [4.78, 5) is 24.2. The molecule has 3 N–H and O–H groups in total. The first kappa shape index (κ1) is 25.2. The van der Waals surface area contributed by atoms with Crippen LogP contribution in [-0.4, -0.2) is 31.7 Å². The van der Waals surface area contributed by atoms with Gasteiger partial charge in [0, 0.05) is 31.8 Å². The number of carbonyl (C=O) groups is 2. The fourth-order valence-electron chi connectivity index (χ4n) is 2.76. The lowest BCUT2D eigenvalue weighted by molar-refractivity contribution is -0.121. The molecule has 0 saturated carbocycles. The monoisotopic (exact) mass is 413 g/mol. The van der Waals surface area contributed by atoms with Crippen LogP contribution in [0, 0.1) is 6.92 Å². The van der Waals surface area contributed by atoms with Crippen molar-refractivity contribution in [2.24, 2.45) is 0 Å². The van der Waals surface area contributed by atoms with E-state index in [0.717, 1.165) is 16.8 Å². The SMILES string of the molecule is CC.COCC(C)NC(=O)CC1=CC=C(NC(=O)NCc2ccc(C)cc2)CC=C1. The molecule has 0 spiro atoms. The number of ether oxygens (including phenoxy) is 1. The number of carbonyl (C=O) groups excluding carboxylic acids is 2. The molecule has 1 unspecified atom stereocenters. The van der Waals surface area contributed by atoms with E-state index in [2.05, 4.69) is 16.0 Å². The van der Waals surface area contributed by atoms with E-state index >= 15 is 0 Å². The molecular formula is C24H35N3O3. The van der Waals surface area contributed by atoms with Gasteiger partial charge < -0.3 is 20.7 Å². The van der Waals surface area contributed by atoms with Crippen molar-refractivity contribution < 1.29 is 14.3 Å². The lowest BCUT2D eigenvalue weighted by Crippen LogP contribution is -2.35. The summed E-state index contributed by atoms with van der Waals surface area (Å²) in [5.41, 5.74) is 3.90. The van der Waals surface area contributed by atoms with E-state index in [1.165, 1.54) is 5.56 Å². The standard InChI is InChI=1S/C22H29N3O3.C2H6/c1-16-7-9-19(10-8-16)14-23-22(27)25-20-6-4-5-18(11-12-20)13-21(26)24-17(2)15-28-3;1-2/h4-5,7-12,17H,6,13-15H2,1-3H3,(H,24,26)(H2,23,25,27);1-2H3. The Bertz CT molecular complexity index is 764. The first-order valence-corrected chi connectivity index (χ1v) is 10.4. The van der Waals surface area contributed by atoms with Crippen LogP contribution < -0.4 is 16.0 Å². The zero-order chi connectivity index (χ0) is 22.4. The molecule has 1 atom stereocenters. The molecule has 30 heavy (non-hydrogen) atoms. The molecule has 164 valence electrons. The Labute approximate surface area is 180 Å². The second kappa shape index (κ2) is 14.2. The van der Waals surface area contributed by atoms with Gasteiger partial charge in [0.25, 0.3) is 0 Å². The Morgan fingerprint density at radius 1 is 1.13 bits per heavy atom. The highest BCUT2D eigenvalue weighted by Gasteiger charge is 2.10. The number of rotatable bonds is 8. The average Bonchev–Trinajstić information content (AvgIpc) is 2.94. The van der Waals surface area contributed by atoms with Crippen LogP contribution in [0.2, 0.25) is 0 Å². The van der Waals surface area contributed by atoms with E-state index in [1.54, 1.807) is 7.11 Å². The van der Waals surface area contributed by atoms with E-state index in [1.807, 2.05) is 76.3 Å². The summed E-state index contributed by atoms with van der Waals surface area (Å²) in [6.07, 6.45) is 8.44. The first-order valence-electron chi connectivity index (χ1n) is 10.4. The predicted molar refractivity (Wildman–Crippen MR) is 122 cm³/mol. The maximum atomic E-state index is 12.1. The lowest BCUT2D eigenvalue weighted by atomic mass is 10.1. The molecule has 1 aromatic rings. The molecule has 0 fully saturated rings. The highest BCUT2D eigenvalue weighted by Crippen LogP contribution is 2.12. The third-order valence-corrected chi connectivity index (χ3v) is 4.20. The number of benzene rings is 1. The second-order valence-corrected chi connectivity index (χ2v) is 6.93. The summed E-state index contributed by atoms with van der Waals surface area (Å²) in [7, 11) is 1.61. The first-order chi connectivity index (χ1) is 14.5. The van der Waals surface area contributed by atoms with Crippen molar-refractivity contribution >= 4 is 11.9 Å². The predicted octanol–water partition coefficient (Wildman–Crippen LogP) is 4.13. The van der Waals surface area contributed by atoms with Crippen LogP contribution in [0.15, 0.2) is 59.8 Å². The van der Waals surface area contributed by atoms with Gasteiger partial charge in [-0.25, -0.2) is 4.79 Å². The van der Waals surface area contributed by atoms with Gasteiger partial charge in [0.2, 0.25) is 5.91 Å². The zero-order valence-corrected chi connectivity index (χ0v) is 18.7. The summed E-state index contributed by atoms with van der Waals surface area (Å²) in [5, 5.41) is 8.60. The van der Waals surface area contributed by atoms with Crippen molar-refractivity contribution in [2.45, 2.75) is 53.1 Å². The van der Waals surface area contributed by atoms with Crippen LogP contribution >= 0.6 is 0 Å². The topological polar surface area (TPSA) is 79.5 Å². The third kappa shape index (κ3) is 10.1.